The summed E-state index contributed by atoms with van der Waals surface area (Å²) in [7, 11) is 0. The molecular weight excluding hydrogens is 466 g/mol. The van der Waals surface area contributed by atoms with E-state index >= 15 is 0 Å². The van der Waals surface area contributed by atoms with Crippen LogP contribution >= 0.6 is 27.7 Å². The van der Waals surface area contributed by atoms with Gasteiger partial charge in [-0.05, 0) is 50.1 Å². The number of carbonyl (C=O) groups is 1. The predicted octanol–water partition coefficient (Wildman–Crippen LogP) is 3.61. The van der Waals surface area contributed by atoms with Gasteiger partial charge in [-0.25, -0.2) is 4.98 Å². The molecule has 0 aliphatic carbocycles. The van der Waals surface area contributed by atoms with E-state index in [1.54, 1.807) is 19.1 Å². The molecule has 156 valence electrons. The molecule has 1 aliphatic heterocycles. The highest BCUT2D eigenvalue weighted by Crippen LogP contribution is 2.31. The number of nitrogens with zero attached hydrogens (tertiary/aromatic N) is 3. The van der Waals surface area contributed by atoms with Gasteiger partial charge < -0.3 is 10.0 Å². The molecule has 2 aromatic carbocycles. The van der Waals surface area contributed by atoms with E-state index in [1.807, 2.05) is 42.2 Å². The number of para-hydroxylation sites is 1. The highest BCUT2D eigenvalue weighted by molar-refractivity contribution is 9.10. The summed E-state index contributed by atoms with van der Waals surface area (Å²) < 4.78 is 2.25. The van der Waals surface area contributed by atoms with Crippen molar-refractivity contribution in [1.82, 2.24) is 9.55 Å². The van der Waals surface area contributed by atoms with Crippen molar-refractivity contribution in [3.8, 4) is 0 Å². The lowest BCUT2D eigenvalue weighted by Gasteiger charge is -2.22. The molecule has 2 unspecified atom stereocenters. The van der Waals surface area contributed by atoms with Crippen LogP contribution in [0.3, 0.4) is 0 Å². The van der Waals surface area contributed by atoms with Crippen molar-refractivity contribution in [2.24, 2.45) is 0 Å². The van der Waals surface area contributed by atoms with Crippen LogP contribution < -0.4 is 10.5 Å². The predicted molar refractivity (Wildman–Crippen MR) is 123 cm³/mol. The van der Waals surface area contributed by atoms with Gasteiger partial charge in [0.1, 0.15) is 0 Å². The molecule has 1 aliphatic rings. The third kappa shape index (κ3) is 4.04. The SMILES string of the molecule is CC(O)Cn1c(SC(C)C(=O)N2CCc3ccccc32)nc2ccc(Br)cc2c1=O. The highest BCUT2D eigenvalue weighted by Gasteiger charge is 2.29. The molecule has 2 heterocycles. The first kappa shape index (κ1) is 21.1. The second-order valence-corrected chi connectivity index (χ2v) is 9.67. The summed E-state index contributed by atoms with van der Waals surface area (Å²) in [6, 6.07) is 13.3. The maximum absolute atomic E-state index is 13.2. The fraction of sp³-hybridized carbons (Fsp3) is 0.318. The lowest BCUT2D eigenvalue weighted by atomic mass is 10.2. The Morgan fingerprint density at radius 3 is 2.80 bits per heavy atom. The number of anilines is 1. The molecule has 0 saturated heterocycles. The monoisotopic (exact) mass is 487 g/mol. The molecule has 30 heavy (non-hydrogen) atoms. The van der Waals surface area contributed by atoms with Crippen LogP contribution in [0.25, 0.3) is 10.9 Å². The van der Waals surface area contributed by atoms with E-state index in [4.69, 9.17) is 0 Å². The minimum absolute atomic E-state index is 0.0151. The first-order chi connectivity index (χ1) is 14.3. The molecule has 0 saturated carbocycles. The highest BCUT2D eigenvalue weighted by atomic mass is 79.9. The number of benzene rings is 2. The first-order valence-electron chi connectivity index (χ1n) is 9.79. The number of thioether (sulfide) groups is 1. The lowest BCUT2D eigenvalue weighted by molar-refractivity contribution is -0.117. The molecule has 6 nitrogen and oxygen atoms in total. The summed E-state index contributed by atoms with van der Waals surface area (Å²) in [5.41, 5.74) is 2.46. The van der Waals surface area contributed by atoms with Crippen molar-refractivity contribution in [1.29, 1.82) is 0 Å². The first-order valence-corrected chi connectivity index (χ1v) is 11.5. The van der Waals surface area contributed by atoms with Gasteiger partial charge in [0.05, 0.1) is 28.8 Å². The fourth-order valence-corrected chi connectivity index (χ4v) is 5.02. The van der Waals surface area contributed by atoms with Crippen LogP contribution in [-0.4, -0.2) is 38.5 Å². The van der Waals surface area contributed by atoms with Crippen molar-refractivity contribution in [3.63, 3.8) is 0 Å². The maximum atomic E-state index is 13.2. The van der Waals surface area contributed by atoms with Gasteiger partial charge in [0.2, 0.25) is 5.91 Å². The van der Waals surface area contributed by atoms with Crippen LogP contribution in [0.2, 0.25) is 0 Å². The zero-order chi connectivity index (χ0) is 21.4. The zero-order valence-electron chi connectivity index (χ0n) is 16.7. The van der Waals surface area contributed by atoms with E-state index in [1.165, 1.54) is 21.9 Å². The Balaban J connectivity index is 1.68. The van der Waals surface area contributed by atoms with Gasteiger partial charge in [-0.2, -0.15) is 0 Å². The van der Waals surface area contributed by atoms with Gasteiger partial charge in [0.15, 0.2) is 5.16 Å². The number of amides is 1. The molecule has 4 rings (SSSR count). The Hall–Kier alpha value is -2.16. The molecule has 1 N–H and O–H groups in total. The van der Waals surface area contributed by atoms with E-state index in [2.05, 4.69) is 20.9 Å². The van der Waals surface area contributed by atoms with Crippen LogP contribution in [0.5, 0.6) is 0 Å². The number of hydrogen-bond donors (Lipinski definition) is 1. The molecule has 2 atom stereocenters. The summed E-state index contributed by atoms with van der Waals surface area (Å²) in [5, 5.41) is 10.4. The topological polar surface area (TPSA) is 75.4 Å². The van der Waals surface area contributed by atoms with Gasteiger partial charge >= 0.3 is 0 Å². The van der Waals surface area contributed by atoms with Gasteiger partial charge in [0.25, 0.3) is 5.56 Å². The average molecular weight is 488 g/mol. The Bertz CT molecular complexity index is 1180. The molecule has 1 aromatic heterocycles. The second kappa shape index (κ2) is 8.53. The molecule has 0 spiro atoms. The van der Waals surface area contributed by atoms with Crippen molar-refractivity contribution >= 4 is 50.2 Å². The number of hydrogen-bond acceptors (Lipinski definition) is 5. The summed E-state index contributed by atoms with van der Waals surface area (Å²) in [4.78, 5) is 32.7. The van der Waals surface area contributed by atoms with Crippen LogP contribution in [-0.2, 0) is 17.8 Å². The number of aliphatic hydroxyl groups is 1. The van der Waals surface area contributed by atoms with Crippen molar-refractivity contribution < 1.29 is 9.90 Å². The normalized spacial score (nSPS) is 15.3. The van der Waals surface area contributed by atoms with Crippen molar-refractivity contribution in [2.75, 3.05) is 11.4 Å². The van der Waals surface area contributed by atoms with Crippen LogP contribution in [0, 0.1) is 0 Å². The van der Waals surface area contributed by atoms with Gasteiger partial charge in [-0.3, -0.25) is 14.2 Å². The zero-order valence-corrected chi connectivity index (χ0v) is 19.1. The Labute approximate surface area is 187 Å². The smallest absolute Gasteiger partial charge is 0.262 e. The summed E-state index contributed by atoms with van der Waals surface area (Å²) >= 11 is 4.64. The van der Waals surface area contributed by atoms with E-state index < -0.39 is 11.4 Å². The Morgan fingerprint density at radius 2 is 2.03 bits per heavy atom. The fourth-order valence-electron chi connectivity index (χ4n) is 3.68. The minimum atomic E-state index is -0.718. The third-order valence-electron chi connectivity index (χ3n) is 5.11. The molecular formula is C22H22BrN3O3S. The van der Waals surface area contributed by atoms with Crippen LogP contribution in [0.15, 0.2) is 56.9 Å². The quantitative estimate of drug-likeness (QED) is 0.439. The molecule has 3 aromatic rings. The number of fused-ring (bicyclic) bond motifs is 2. The van der Waals surface area contributed by atoms with E-state index in [0.717, 1.165) is 16.6 Å². The number of aliphatic hydroxyl groups excluding tert-OH is 1. The van der Waals surface area contributed by atoms with Crippen LogP contribution in [0.1, 0.15) is 19.4 Å². The standard InChI is InChI=1S/C22H22BrN3O3S/c1-13(27)12-26-21(29)17-11-16(23)7-8-18(17)24-22(26)30-14(2)20(28)25-10-9-15-5-3-4-6-19(15)25/h3-8,11,13-14,27H,9-10,12H2,1-2H3. The van der Waals surface area contributed by atoms with E-state index in [0.29, 0.717) is 22.6 Å². The Morgan fingerprint density at radius 1 is 1.27 bits per heavy atom. The Kier molecular flexibility index (Phi) is 5.99. The molecule has 0 bridgehead atoms. The largest absolute Gasteiger partial charge is 0.392 e. The van der Waals surface area contributed by atoms with Gasteiger partial charge in [-0.1, -0.05) is 45.9 Å². The number of rotatable bonds is 5. The van der Waals surface area contributed by atoms with E-state index in [-0.39, 0.29) is 18.0 Å². The lowest BCUT2D eigenvalue weighted by Crippen LogP contribution is -2.36. The molecule has 8 heteroatoms. The second-order valence-electron chi connectivity index (χ2n) is 7.45. The van der Waals surface area contributed by atoms with Crippen molar-refractivity contribution in [2.45, 2.75) is 43.3 Å². The van der Waals surface area contributed by atoms with Gasteiger partial charge in [-0.15, -0.1) is 0 Å². The number of aromatic nitrogens is 2. The average Bonchev–Trinajstić information content (AvgIpc) is 3.14. The number of carbonyl (C=O) groups excluding carboxylic acids is 1. The summed E-state index contributed by atoms with van der Waals surface area (Å²) in [6.45, 7) is 4.23. The summed E-state index contributed by atoms with van der Waals surface area (Å²) in [6.07, 6.45) is 0.125. The molecule has 1 amide bonds. The van der Waals surface area contributed by atoms with Gasteiger partial charge in [0, 0.05) is 16.7 Å². The number of halogens is 1. The van der Waals surface area contributed by atoms with Crippen molar-refractivity contribution in [3.05, 3.63) is 62.9 Å². The van der Waals surface area contributed by atoms with E-state index in [9.17, 15) is 14.7 Å². The molecule has 0 fully saturated rings. The minimum Gasteiger partial charge on any atom is -0.392 e. The summed E-state index contributed by atoms with van der Waals surface area (Å²) in [5.74, 6) is -0.0151. The maximum Gasteiger partial charge on any atom is 0.262 e. The molecule has 0 radical (unpaired) electrons. The van der Waals surface area contributed by atoms with Crippen LogP contribution in [0.4, 0.5) is 5.69 Å². The third-order valence-corrected chi connectivity index (χ3v) is 6.68.